The summed E-state index contributed by atoms with van der Waals surface area (Å²) in [5.41, 5.74) is 2.93. The number of allylic oxidation sites excluding steroid dienone is 1. The fraction of sp³-hybridized carbons (Fsp3) is 0.429. The number of hydrogen-bond acceptors (Lipinski definition) is 0. The van der Waals surface area contributed by atoms with Gasteiger partial charge in [-0.1, -0.05) is 48.9 Å². The molecule has 0 heterocycles. The van der Waals surface area contributed by atoms with E-state index in [0.29, 0.717) is 0 Å². The molecule has 0 amide bonds. The van der Waals surface area contributed by atoms with Crippen molar-refractivity contribution in [3.63, 3.8) is 0 Å². The normalized spacial score (nSPS) is 22.3. The average molecular weight is 186 g/mol. The minimum absolute atomic E-state index is 0.742. The van der Waals surface area contributed by atoms with Crippen LogP contribution in [0.25, 0.3) is 0 Å². The van der Waals surface area contributed by atoms with E-state index < -0.39 is 0 Å². The highest BCUT2D eigenvalue weighted by atomic mass is 14.2. The van der Waals surface area contributed by atoms with Gasteiger partial charge in [0.1, 0.15) is 0 Å². The average Bonchev–Trinajstić information content (AvgIpc) is 2.23. The Bertz CT molecular complexity index is 297. The van der Waals surface area contributed by atoms with Crippen LogP contribution in [0.3, 0.4) is 0 Å². The molecular formula is C14H18. The molecule has 1 aromatic rings. The third kappa shape index (κ3) is 2.25. The second-order valence-electron chi connectivity index (χ2n) is 4.29. The van der Waals surface area contributed by atoms with E-state index >= 15 is 0 Å². The van der Waals surface area contributed by atoms with Crippen LogP contribution in [0.1, 0.15) is 31.2 Å². The largest absolute Gasteiger partial charge is 0.0996 e. The Balaban J connectivity index is 2.00. The summed E-state index contributed by atoms with van der Waals surface area (Å²) in [7, 11) is 0. The molecule has 2 rings (SSSR count). The van der Waals surface area contributed by atoms with Crippen molar-refractivity contribution < 1.29 is 0 Å². The van der Waals surface area contributed by atoms with E-state index in [2.05, 4.69) is 36.9 Å². The first-order valence-electron chi connectivity index (χ1n) is 5.58. The van der Waals surface area contributed by atoms with Gasteiger partial charge in [0.15, 0.2) is 0 Å². The van der Waals surface area contributed by atoms with Gasteiger partial charge in [-0.15, -0.1) is 0 Å². The Hall–Kier alpha value is -1.04. The molecule has 0 radical (unpaired) electrons. The van der Waals surface area contributed by atoms with Crippen LogP contribution in [0, 0.1) is 5.92 Å². The second-order valence-corrected chi connectivity index (χ2v) is 4.29. The summed E-state index contributed by atoms with van der Waals surface area (Å²) in [6, 6.07) is 10.8. The monoisotopic (exact) mass is 186 g/mol. The van der Waals surface area contributed by atoms with Crippen molar-refractivity contribution in [1.82, 2.24) is 0 Å². The van der Waals surface area contributed by atoms with Crippen molar-refractivity contribution >= 4 is 0 Å². The predicted octanol–water partition coefficient (Wildman–Crippen LogP) is 3.98. The molecule has 1 saturated carbocycles. The van der Waals surface area contributed by atoms with E-state index in [1.807, 2.05) is 0 Å². The quantitative estimate of drug-likeness (QED) is 0.613. The van der Waals surface area contributed by atoms with Crippen LogP contribution in [0.5, 0.6) is 0 Å². The van der Waals surface area contributed by atoms with Gasteiger partial charge in [0, 0.05) is 0 Å². The zero-order valence-corrected chi connectivity index (χ0v) is 8.71. The summed E-state index contributed by atoms with van der Waals surface area (Å²) in [6.45, 7) is 4.19. The maximum atomic E-state index is 4.19. The lowest BCUT2D eigenvalue weighted by atomic mass is 9.81. The van der Waals surface area contributed by atoms with Gasteiger partial charge in [0.2, 0.25) is 0 Å². The Morgan fingerprint density at radius 3 is 2.64 bits per heavy atom. The molecule has 0 nitrogen and oxygen atoms in total. The topological polar surface area (TPSA) is 0 Å². The summed E-state index contributed by atoms with van der Waals surface area (Å²) in [4.78, 5) is 0. The lowest BCUT2D eigenvalue weighted by molar-refractivity contribution is 0.453. The molecule has 0 N–H and O–H groups in total. The van der Waals surface area contributed by atoms with E-state index in [-0.39, 0.29) is 0 Å². The zero-order chi connectivity index (χ0) is 9.80. The molecule has 0 saturated heterocycles. The van der Waals surface area contributed by atoms with E-state index in [1.54, 1.807) is 0 Å². The Morgan fingerprint density at radius 2 is 1.93 bits per heavy atom. The number of benzene rings is 1. The molecule has 0 aliphatic heterocycles. The van der Waals surface area contributed by atoms with Crippen LogP contribution in [-0.4, -0.2) is 0 Å². The lowest BCUT2D eigenvalue weighted by Gasteiger charge is -2.24. The first-order chi connectivity index (χ1) is 6.86. The van der Waals surface area contributed by atoms with Gasteiger partial charge in [0.25, 0.3) is 0 Å². The first kappa shape index (κ1) is 9.51. The summed E-state index contributed by atoms with van der Waals surface area (Å²) in [5.74, 6) is 0.742. The van der Waals surface area contributed by atoms with E-state index in [1.165, 1.54) is 43.2 Å². The van der Waals surface area contributed by atoms with Crippen LogP contribution in [0.2, 0.25) is 0 Å². The summed E-state index contributed by atoms with van der Waals surface area (Å²) < 4.78 is 0. The van der Waals surface area contributed by atoms with Crippen LogP contribution in [0.4, 0.5) is 0 Å². The fourth-order valence-corrected chi connectivity index (χ4v) is 2.30. The summed E-state index contributed by atoms with van der Waals surface area (Å²) >= 11 is 0. The van der Waals surface area contributed by atoms with Crippen LogP contribution in [0.15, 0.2) is 42.5 Å². The molecule has 0 heteroatoms. The third-order valence-electron chi connectivity index (χ3n) is 3.20. The number of rotatable bonds is 2. The van der Waals surface area contributed by atoms with Gasteiger partial charge >= 0.3 is 0 Å². The molecule has 0 bridgehead atoms. The Labute approximate surface area is 86.7 Å². The molecule has 1 aliphatic carbocycles. The SMILES string of the molecule is C=C1CCCC[C@@H]1Cc1ccccc1. The first-order valence-corrected chi connectivity index (χ1v) is 5.58. The summed E-state index contributed by atoms with van der Waals surface area (Å²) in [6.07, 6.45) is 6.52. The highest BCUT2D eigenvalue weighted by Crippen LogP contribution is 2.30. The molecule has 1 aromatic carbocycles. The van der Waals surface area contributed by atoms with Gasteiger partial charge < -0.3 is 0 Å². The van der Waals surface area contributed by atoms with Gasteiger partial charge in [0.05, 0.1) is 0 Å². The molecular weight excluding hydrogens is 168 g/mol. The minimum atomic E-state index is 0.742. The maximum absolute atomic E-state index is 4.19. The molecule has 74 valence electrons. The highest BCUT2D eigenvalue weighted by Gasteiger charge is 2.16. The molecule has 0 spiro atoms. The molecule has 1 fully saturated rings. The van der Waals surface area contributed by atoms with Gasteiger partial charge in [-0.05, 0) is 37.2 Å². The predicted molar refractivity (Wildman–Crippen MR) is 61.2 cm³/mol. The van der Waals surface area contributed by atoms with Crippen molar-refractivity contribution in [3.05, 3.63) is 48.0 Å². The van der Waals surface area contributed by atoms with Gasteiger partial charge in [-0.3, -0.25) is 0 Å². The molecule has 0 unspecified atom stereocenters. The third-order valence-corrected chi connectivity index (χ3v) is 3.20. The Morgan fingerprint density at radius 1 is 1.14 bits per heavy atom. The molecule has 1 aliphatic rings. The Kier molecular flexibility index (Phi) is 3.03. The van der Waals surface area contributed by atoms with Crippen LogP contribution in [-0.2, 0) is 6.42 Å². The summed E-state index contributed by atoms with van der Waals surface area (Å²) in [5, 5.41) is 0. The zero-order valence-electron chi connectivity index (χ0n) is 8.71. The smallest absolute Gasteiger partial charge is 0.0165 e. The standard InChI is InChI=1S/C14H18/c1-12-7-5-6-10-14(12)11-13-8-3-2-4-9-13/h2-4,8-9,14H,1,5-7,10-11H2/t14-/m1/s1. The van der Waals surface area contributed by atoms with E-state index in [0.717, 1.165) is 5.92 Å². The van der Waals surface area contributed by atoms with Gasteiger partial charge in [-0.2, -0.15) is 0 Å². The molecule has 0 aromatic heterocycles. The minimum Gasteiger partial charge on any atom is -0.0996 e. The van der Waals surface area contributed by atoms with Crippen molar-refractivity contribution in [1.29, 1.82) is 0 Å². The van der Waals surface area contributed by atoms with Gasteiger partial charge in [-0.25, -0.2) is 0 Å². The van der Waals surface area contributed by atoms with Crippen molar-refractivity contribution in [2.75, 3.05) is 0 Å². The molecule has 1 atom stereocenters. The van der Waals surface area contributed by atoms with Crippen LogP contribution < -0.4 is 0 Å². The van der Waals surface area contributed by atoms with E-state index in [9.17, 15) is 0 Å². The second kappa shape index (κ2) is 4.45. The number of hydrogen-bond donors (Lipinski definition) is 0. The van der Waals surface area contributed by atoms with E-state index in [4.69, 9.17) is 0 Å². The van der Waals surface area contributed by atoms with Crippen molar-refractivity contribution in [2.24, 2.45) is 5.92 Å². The lowest BCUT2D eigenvalue weighted by Crippen LogP contribution is -2.11. The maximum Gasteiger partial charge on any atom is -0.0165 e. The van der Waals surface area contributed by atoms with Crippen LogP contribution >= 0.6 is 0 Å². The highest BCUT2D eigenvalue weighted by molar-refractivity contribution is 5.18. The molecule has 14 heavy (non-hydrogen) atoms. The van der Waals surface area contributed by atoms with Crippen molar-refractivity contribution in [3.8, 4) is 0 Å². The van der Waals surface area contributed by atoms with Crippen molar-refractivity contribution in [2.45, 2.75) is 32.1 Å². The fourth-order valence-electron chi connectivity index (χ4n) is 2.30.